The van der Waals surface area contributed by atoms with Gasteiger partial charge in [0.1, 0.15) is 12.6 Å². The predicted octanol–water partition coefficient (Wildman–Crippen LogP) is 0.305. The van der Waals surface area contributed by atoms with Crippen LogP contribution in [0.4, 0.5) is 4.79 Å². The second-order valence-electron chi connectivity index (χ2n) is 4.62. The van der Waals surface area contributed by atoms with E-state index < -0.39 is 11.1 Å². The van der Waals surface area contributed by atoms with Crippen molar-refractivity contribution in [2.75, 3.05) is 12.4 Å². The van der Waals surface area contributed by atoms with Gasteiger partial charge < -0.3 is 15.5 Å². The molecule has 1 aliphatic carbocycles. The number of hydrogen-bond donors (Lipinski definition) is 2. The first kappa shape index (κ1) is 13.9. The van der Waals surface area contributed by atoms with Crippen LogP contribution in [0.3, 0.4) is 0 Å². The molecule has 2 amide bonds. The number of thioether (sulfide) groups is 1. The van der Waals surface area contributed by atoms with Crippen LogP contribution in [0, 0.1) is 16.0 Å². The van der Waals surface area contributed by atoms with Crippen molar-refractivity contribution in [3.8, 4) is 0 Å². The van der Waals surface area contributed by atoms with Crippen molar-refractivity contribution < 1.29 is 19.5 Å². The Balaban J connectivity index is 1.81. The average molecular weight is 289 g/mol. The summed E-state index contributed by atoms with van der Waals surface area (Å²) in [6.45, 7) is 0.00369. The van der Waals surface area contributed by atoms with E-state index in [0.717, 1.165) is 31.0 Å². The minimum atomic E-state index is -0.814. The number of nitrogens with one attached hydrogen (secondary N) is 2. The molecule has 3 atom stereocenters. The summed E-state index contributed by atoms with van der Waals surface area (Å²) in [4.78, 5) is 37.5. The van der Waals surface area contributed by atoms with E-state index >= 15 is 0 Å². The van der Waals surface area contributed by atoms with E-state index in [1.165, 1.54) is 0 Å². The Morgan fingerprint density at radius 3 is 3.00 bits per heavy atom. The third-order valence-electron chi connectivity index (χ3n) is 3.37. The quantitative estimate of drug-likeness (QED) is 0.556. The molecule has 0 aromatic heterocycles. The third kappa shape index (κ3) is 3.72. The third-order valence-corrected chi connectivity index (χ3v) is 4.25. The van der Waals surface area contributed by atoms with Gasteiger partial charge in [-0.05, 0) is 12.8 Å². The smallest absolute Gasteiger partial charge is 0.294 e. The molecule has 8 nitrogen and oxygen atoms in total. The van der Waals surface area contributed by atoms with Gasteiger partial charge in [-0.3, -0.25) is 9.59 Å². The minimum absolute atomic E-state index is 0.00369. The normalized spacial score (nSPS) is 29.9. The van der Waals surface area contributed by atoms with E-state index in [1.54, 1.807) is 0 Å². The molecule has 2 fully saturated rings. The summed E-state index contributed by atoms with van der Waals surface area (Å²) in [7, 11) is 0. The second-order valence-corrected chi connectivity index (χ2v) is 5.61. The largest absolute Gasteiger partial charge is 0.351 e. The van der Waals surface area contributed by atoms with E-state index in [4.69, 9.17) is 0 Å². The predicted molar refractivity (Wildman–Crippen MR) is 67.0 cm³/mol. The summed E-state index contributed by atoms with van der Waals surface area (Å²) in [5.41, 5.74) is 0. The Kier molecular flexibility index (Phi) is 4.46. The molecule has 2 unspecified atom stereocenters. The van der Waals surface area contributed by atoms with Crippen molar-refractivity contribution in [3.63, 3.8) is 0 Å². The van der Waals surface area contributed by atoms with Crippen LogP contribution in [0.5, 0.6) is 0 Å². The molecular weight excluding hydrogens is 274 g/mol. The molecule has 1 heterocycles. The van der Waals surface area contributed by atoms with Gasteiger partial charge in [0.05, 0.1) is 0 Å². The van der Waals surface area contributed by atoms with Crippen molar-refractivity contribution >= 4 is 22.9 Å². The first-order valence-corrected chi connectivity index (χ1v) is 7.06. The maximum absolute atomic E-state index is 11.9. The van der Waals surface area contributed by atoms with Gasteiger partial charge in [0.25, 0.3) is 10.3 Å². The van der Waals surface area contributed by atoms with Crippen LogP contribution in [-0.2, 0) is 9.63 Å². The topological polar surface area (TPSA) is 111 Å². The first-order chi connectivity index (χ1) is 9.06. The van der Waals surface area contributed by atoms with Crippen LogP contribution in [0.2, 0.25) is 0 Å². The lowest BCUT2D eigenvalue weighted by molar-refractivity contribution is -0.759. The summed E-state index contributed by atoms with van der Waals surface area (Å²) < 4.78 is 0. The zero-order valence-corrected chi connectivity index (χ0v) is 11.0. The van der Waals surface area contributed by atoms with E-state index in [0.29, 0.717) is 5.75 Å². The number of carbonyl (C=O) groups excluding carboxylic acids is 2. The number of amides is 2. The Labute approximate surface area is 113 Å². The maximum atomic E-state index is 11.9. The number of nitrogens with zero attached hydrogens (tertiary/aromatic N) is 1. The van der Waals surface area contributed by atoms with Crippen LogP contribution in [0.25, 0.3) is 0 Å². The van der Waals surface area contributed by atoms with Gasteiger partial charge in [0.2, 0.25) is 5.91 Å². The molecule has 0 aromatic rings. The highest BCUT2D eigenvalue weighted by Crippen LogP contribution is 2.26. The van der Waals surface area contributed by atoms with Crippen LogP contribution < -0.4 is 10.6 Å². The van der Waals surface area contributed by atoms with Crippen molar-refractivity contribution in [1.82, 2.24) is 10.6 Å². The summed E-state index contributed by atoms with van der Waals surface area (Å²) >= 11 is 1.08. The fraction of sp³-hybridized carbons (Fsp3) is 0.800. The molecule has 0 bridgehead atoms. The number of carbonyl (C=O) groups is 2. The molecule has 0 radical (unpaired) electrons. The highest BCUT2D eigenvalue weighted by atomic mass is 32.2. The Bertz CT molecular complexity index is 391. The van der Waals surface area contributed by atoms with Gasteiger partial charge in [-0.15, -0.1) is 10.1 Å². The molecule has 9 heteroatoms. The van der Waals surface area contributed by atoms with Crippen LogP contribution in [0.1, 0.15) is 19.3 Å². The lowest BCUT2D eigenvalue weighted by atomic mass is 10.0. The van der Waals surface area contributed by atoms with Gasteiger partial charge in [0.15, 0.2) is 0 Å². The van der Waals surface area contributed by atoms with E-state index in [2.05, 4.69) is 15.5 Å². The van der Waals surface area contributed by atoms with E-state index in [9.17, 15) is 19.7 Å². The zero-order valence-electron chi connectivity index (χ0n) is 10.2. The summed E-state index contributed by atoms with van der Waals surface area (Å²) in [6.07, 6.45) is 2.48. The molecule has 0 spiro atoms. The van der Waals surface area contributed by atoms with E-state index in [1.807, 2.05) is 0 Å². The molecular formula is C10H15N3O5S. The number of hydrogen-bond acceptors (Lipinski definition) is 6. The fourth-order valence-corrected chi connectivity index (χ4v) is 3.17. The molecule has 2 aliphatic rings. The van der Waals surface area contributed by atoms with Crippen molar-refractivity contribution in [3.05, 3.63) is 10.1 Å². The summed E-state index contributed by atoms with van der Waals surface area (Å²) in [6, 6.07) is -0.620. The van der Waals surface area contributed by atoms with Crippen LogP contribution in [0.15, 0.2) is 0 Å². The molecule has 1 aliphatic heterocycles. The van der Waals surface area contributed by atoms with Gasteiger partial charge >= 0.3 is 0 Å². The lowest BCUT2D eigenvalue weighted by Crippen LogP contribution is -2.48. The highest BCUT2D eigenvalue weighted by Gasteiger charge is 2.33. The maximum Gasteiger partial charge on any atom is 0.294 e. The van der Waals surface area contributed by atoms with Gasteiger partial charge in [-0.2, -0.15) is 0 Å². The van der Waals surface area contributed by atoms with Gasteiger partial charge in [-0.1, -0.05) is 18.2 Å². The summed E-state index contributed by atoms with van der Waals surface area (Å²) in [5, 5.41) is 14.6. The lowest BCUT2D eigenvalue weighted by Gasteiger charge is -2.21. The second kappa shape index (κ2) is 6.09. The van der Waals surface area contributed by atoms with Gasteiger partial charge in [0, 0.05) is 17.7 Å². The number of rotatable bonds is 5. The molecule has 106 valence electrons. The van der Waals surface area contributed by atoms with Crippen LogP contribution in [-0.4, -0.2) is 40.7 Å². The highest BCUT2D eigenvalue weighted by molar-refractivity contribution is 8.14. The molecule has 1 saturated carbocycles. The molecule has 2 rings (SSSR count). The molecule has 0 aromatic carbocycles. The SMILES string of the molecule is O=C1N[C@H](C(=O)NC2CCCC2CO[N+](=O)[O-])CS1. The Morgan fingerprint density at radius 2 is 2.37 bits per heavy atom. The molecule has 2 N–H and O–H groups in total. The Morgan fingerprint density at radius 1 is 1.58 bits per heavy atom. The van der Waals surface area contributed by atoms with Gasteiger partial charge in [-0.25, -0.2) is 0 Å². The Hall–Kier alpha value is -1.51. The molecule has 19 heavy (non-hydrogen) atoms. The fourth-order valence-electron chi connectivity index (χ4n) is 2.39. The standard InChI is InChI=1S/C10H15N3O5S/c14-9(8-5-19-10(15)12-8)11-7-3-1-2-6(7)4-18-13(16)17/h6-8H,1-5H2,(H,11,14)(H,12,15)/t6?,7?,8-/m0/s1. The van der Waals surface area contributed by atoms with Crippen LogP contribution >= 0.6 is 11.8 Å². The average Bonchev–Trinajstić information content (AvgIpc) is 2.95. The monoisotopic (exact) mass is 289 g/mol. The van der Waals surface area contributed by atoms with E-state index in [-0.39, 0.29) is 29.7 Å². The van der Waals surface area contributed by atoms with Crippen molar-refractivity contribution in [1.29, 1.82) is 0 Å². The first-order valence-electron chi connectivity index (χ1n) is 6.07. The van der Waals surface area contributed by atoms with Crippen molar-refractivity contribution in [2.45, 2.75) is 31.3 Å². The van der Waals surface area contributed by atoms with Crippen molar-refractivity contribution in [2.24, 2.45) is 5.92 Å². The molecule has 1 saturated heterocycles. The summed E-state index contributed by atoms with van der Waals surface area (Å²) in [5.74, 6) is 0.156. The zero-order chi connectivity index (χ0) is 13.8. The minimum Gasteiger partial charge on any atom is -0.351 e.